The van der Waals surface area contributed by atoms with E-state index in [1.807, 2.05) is 16.7 Å². The van der Waals surface area contributed by atoms with E-state index in [0.29, 0.717) is 42.3 Å². The molecular weight excluding hydrogens is 438 g/mol. The third-order valence-corrected chi connectivity index (χ3v) is 5.53. The lowest BCUT2D eigenvalue weighted by Gasteiger charge is -2.26. The summed E-state index contributed by atoms with van der Waals surface area (Å²) in [5.41, 5.74) is 10.9. The standard InChI is InChI=1S/C23H31N7O4/c1-2-3-12-33-23-27-21-19(22(28-23)34-26-8-9-29-10-13-32-14-11-29)25-16-30(21)15-17-4-6-18(7-5-17)20(24)31/h4-7,16,26H,2-3,8-15H2,1H3,(H2,24,31). The predicted molar refractivity (Wildman–Crippen MR) is 126 cm³/mol. The topological polar surface area (TPSA) is 130 Å². The van der Waals surface area contributed by atoms with Crippen molar-refractivity contribution >= 4 is 17.1 Å². The van der Waals surface area contributed by atoms with E-state index in [1.54, 1.807) is 18.5 Å². The molecule has 182 valence electrons. The second kappa shape index (κ2) is 11.7. The summed E-state index contributed by atoms with van der Waals surface area (Å²) in [7, 11) is 0. The molecule has 34 heavy (non-hydrogen) atoms. The van der Waals surface area contributed by atoms with Crippen molar-refractivity contribution in [2.45, 2.75) is 26.3 Å². The molecule has 0 atom stereocenters. The largest absolute Gasteiger partial charge is 0.463 e. The second-order valence-electron chi connectivity index (χ2n) is 8.07. The normalized spacial score (nSPS) is 14.4. The summed E-state index contributed by atoms with van der Waals surface area (Å²) in [5.74, 6) is -0.134. The van der Waals surface area contributed by atoms with Crippen molar-refractivity contribution in [3.05, 3.63) is 41.7 Å². The Morgan fingerprint density at radius 3 is 2.74 bits per heavy atom. The number of carbonyl (C=O) groups excluding carboxylic acids is 1. The van der Waals surface area contributed by atoms with E-state index < -0.39 is 5.91 Å². The molecule has 1 aromatic carbocycles. The van der Waals surface area contributed by atoms with Gasteiger partial charge in [-0.3, -0.25) is 9.69 Å². The van der Waals surface area contributed by atoms with Gasteiger partial charge in [-0.25, -0.2) is 4.98 Å². The summed E-state index contributed by atoms with van der Waals surface area (Å²) in [6.45, 7) is 7.94. The van der Waals surface area contributed by atoms with Gasteiger partial charge >= 0.3 is 6.01 Å². The van der Waals surface area contributed by atoms with E-state index in [0.717, 1.165) is 51.3 Å². The Balaban J connectivity index is 1.49. The monoisotopic (exact) mass is 469 g/mol. The van der Waals surface area contributed by atoms with Crippen molar-refractivity contribution in [2.75, 3.05) is 46.0 Å². The maximum atomic E-state index is 11.3. The Hall–Kier alpha value is -3.28. The maximum absolute atomic E-state index is 11.3. The lowest BCUT2D eigenvalue weighted by atomic mass is 10.1. The number of unbranched alkanes of at least 4 members (excludes halogenated alkanes) is 1. The number of amides is 1. The van der Waals surface area contributed by atoms with Crippen LogP contribution in [0.4, 0.5) is 0 Å². The minimum atomic E-state index is -0.454. The molecule has 0 radical (unpaired) electrons. The first-order valence-electron chi connectivity index (χ1n) is 11.6. The van der Waals surface area contributed by atoms with Gasteiger partial charge in [0.2, 0.25) is 5.91 Å². The Morgan fingerprint density at radius 2 is 2.00 bits per heavy atom. The number of nitrogens with zero attached hydrogens (tertiary/aromatic N) is 5. The Labute approximate surface area is 198 Å². The summed E-state index contributed by atoms with van der Waals surface area (Å²) < 4.78 is 13.0. The molecule has 0 bridgehead atoms. The number of imidazole rings is 1. The van der Waals surface area contributed by atoms with Gasteiger partial charge in [-0.2, -0.15) is 15.4 Å². The van der Waals surface area contributed by atoms with Gasteiger partial charge in [0, 0.05) is 31.7 Å². The summed E-state index contributed by atoms with van der Waals surface area (Å²) in [4.78, 5) is 32.9. The lowest BCUT2D eigenvalue weighted by Crippen LogP contribution is -2.40. The molecule has 0 saturated carbocycles. The summed E-state index contributed by atoms with van der Waals surface area (Å²) in [6, 6.07) is 7.37. The summed E-state index contributed by atoms with van der Waals surface area (Å²) >= 11 is 0. The zero-order valence-electron chi connectivity index (χ0n) is 19.4. The number of hydrogen-bond donors (Lipinski definition) is 2. The van der Waals surface area contributed by atoms with Crippen LogP contribution >= 0.6 is 0 Å². The molecule has 1 aliphatic rings. The molecule has 3 aromatic rings. The van der Waals surface area contributed by atoms with Gasteiger partial charge in [0.1, 0.15) is 0 Å². The zero-order valence-corrected chi connectivity index (χ0v) is 19.4. The van der Waals surface area contributed by atoms with Crippen molar-refractivity contribution in [1.82, 2.24) is 29.9 Å². The number of nitrogens with one attached hydrogen (secondary N) is 1. The van der Waals surface area contributed by atoms with Crippen molar-refractivity contribution in [2.24, 2.45) is 5.73 Å². The van der Waals surface area contributed by atoms with E-state index in [9.17, 15) is 4.79 Å². The first-order chi connectivity index (χ1) is 16.6. The molecule has 1 fully saturated rings. The Bertz CT molecular complexity index is 1080. The van der Waals surface area contributed by atoms with Crippen LogP contribution in [0.3, 0.4) is 0 Å². The highest BCUT2D eigenvalue weighted by molar-refractivity contribution is 5.92. The number of morpholine rings is 1. The van der Waals surface area contributed by atoms with Crippen LogP contribution in [0.15, 0.2) is 30.6 Å². The molecule has 0 aliphatic carbocycles. The van der Waals surface area contributed by atoms with Gasteiger partial charge in [-0.1, -0.05) is 25.5 Å². The molecule has 1 amide bonds. The van der Waals surface area contributed by atoms with E-state index in [2.05, 4.69) is 32.3 Å². The number of aromatic nitrogens is 4. The summed E-state index contributed by atoms with van der Waals surface area (Å²) in [6.07, 6.45) is 3.60. The molecule has 1 aliphatic heterocycles. The van der Waals surface area contributed by atoms with Crippen LogP contribution in [0.1, 0.15) is 35.7 Å². The molecule has 1 saturated heterocycles. The first-order valence-corrected chi connectivity index (χ1v) is 11.6. The number of hydroxylamine groups is 1. The van der Waals surface area contributed by atoms with Crippen LogP contribution in [0.25, 0.3) is 11.2 Å². The molecule has 0 unspecified atom stereocenters. The third kappa shape index (κ3) is 6.19. The number of carbonyl (C=O) groups is 1. The average Bonchev–Trinajstić information content (AvgIpc) is 3.25. The fourth-order valence-corrected chi connectivity index (χ4v) is 3.58. The minimum Gasteiger partial charge on any atom is -0.463 e. The Kier molecular flexibility index (Phi) is 8.23. The van der Waals surface area contributed by atoms with Crippen LogP contribution in [0, 0.1) is 0 Å². The number of primary amides is 1. The van der Waals surface area contributed by atoms with Crippen LogP contribution in [0.5, 0.6) is 11.9 Å². The van der Waals surface area contributed by atoms with Crippen molar-refractivity contribution in [3.8, 4) is 11.9 Å². The highest BCUT2D eigenvalue weighted by Crippen LogP contribution is 2.24. The fraction of sp³-hybridized carbons (Fsp3) is 0.478. The van der Waals surface area contributed by atoms with Crippen LogP contribution in [-0.2, 0) is 11.3 Å². The zero-order chi connectivity index (χ0) is 23.8. The highest BCUT2D eigenvalue weighted by atomic mass is 16.7. The van der Waals surface area contributed by atoms with Crippen LogP contribution in [-0.4, -0.2) is 76.3 Å². The molecule has 3 heterocycles. The average molecular weight is 470 g/mol. The van der Waals surface area contributed by atoms with E-state index in [1.165, 1.54) is 0 Å². The van der Waals surface area contributed by atoms with Crippen molar-refractivity contribution in [1.29, 1.82) is 0 Å². The quantitative estimate of drug-likeness (QED) is 0.298. The van der Waals surface area contributed by atoms with Gasteiger partial charge in [-0.15, -0.1) is 0 Å². The Morgan fingerprint density at radius 1 is 1.21 bits per heavy atom. The maximum Gasteiger partial charge on any atom is 0.321 e. The number of nitrogens with two attached hydrogens (primary N) is 1. The van der Waals surface area contributed by atoms with Crippen LogP contribution < -0.4 is 20.8 Å². The minimum absolute atomic E-state index is 0.247. The fourth-order valence-electron chi connectivity index (χ4n) is 3.58. The van der Waals surface area contributed by atoms with Gasteiger partial charge in [-0.05, 0) is 24.1 Å². The van der Waals surface area contributed by atoms with Crippen molar-refractivity contribution in [3.63, 3.8) is 0 Å². The molecule has 4 rings (SSSR count). The van der Waals surface area contributed by atoms with Gasteiger partial charge in [0.05, 0.1) is 32.7 Å². The van der Waals surface area contributed by atoms with E-state index in [-0.39, 0.29) is 6.01 Å². The molecule has 11 nitrogen and oxygen atoms in total. The predicted octanol–water partition coefficient (Wildman–Crippen LogP) is 1.37. The molecule has 0 spiro atoms. The third-order valence-electron chi connectivity index (χ3n) is 5.53. The van der Waals surface area contributed by atoms with E-state index >= 15 is 0 Å². The van der Waals surface area contributed by atoms with Crippen molar-refractivity contribution < 1.29 is 19.1 Å². The molecular formula is C23H31N7O4. The number of hydrogen-bond acceptors (Lipinski definition) is 9. The lowest BCUT2D eigenvalue weighted by molar-refractivity contribution is 0.0340. The first kappa shape index (κ1) is 23.9. The second-order valence-corrected chi connectivity index (χ2v) is 8.07. The number of ether oxygens (including phenoxy) is 2. The SMILES string of the molecule is CCCCOc1nc(ONCCN2CCOCC2)c2ncn(Cc3ccc(C(N)=O)cc3)c2n1. The smallest absolute Gasteiger partial charge is 0.321 e. The number of benzene rings is 1. The number of rotatable bonds is 12. The van der Waals surface area contributed by atoms with E-state index in [4.69, 9.17) is 20.0 Å². The molecule has 3 N–H and O–H groups in total. The highest BCUT2D eigenvalue weighted by Gasteiger charge is 2.17. The number of fused-ring (bicyclic) bond motifs is 1. The van der Waals surface area contributed by atoms with Gasteiger partial charge in [0.15, 0.2) is 11.2 Å². The van der Waals surface area contributed by atoms with Gasteiger partial charge in [0.25, 0.3) is 5.88 Å². The summed E-state index contributed by atoms with van der Waals surface area (Å²) in [5, 5.41) is 0. The van der Waals surface area contributed by atoms with Crippen LogP contribution in [0.2, 0.25) is 0 Å². The molecule has 11 heteroatoms. The molecule has 2 aromatic heterocycles. The van der Waals surface area contributed by atoms with Gasteiger partial charge < -0.3 is 24.6 Å².